The van der Waals surface area contributed by atoms with Crippen LogP contribution >= 0.6 is 0 Å². The van der Waals surface area contributed by atoms with Crippen molar-refractivity contribution < 1.29 is 19.4 Å². The second kappa shape index (κ2) is 5.93. The fourth-order valence-corrected chi connectivity index (χ4v) is 3.39. The Labute approximate surface area is 126 Å². The molecular weight excluding hydrogens is 272 g/mol. The average molecular weight is 298 g/mol. The zero-order valence-electron chi connectivity index (χ0n) is 13.3. The van der Waals surface area contributed by atoms with Crippen LogP contribution in [0.4, 0.5) is 0 Å². The molecule has 0 aliphatic carbocycles. The molecule has 6 heteroatoms. The molecule has 2 aliphatic heterocycles. The van der Waals surface area contributed by atoms with Crippen LogP contribution in [0.3, 0.4) is 0 Å². The number of carboxylic acids is 1. The number of hydrogen-bond acceptors (Lipinski definition) is 4. The summed E-state index contributed by atoms with van der Waals surface area (Å²) in [5, 5.41) is 9.31. The molecule has 2 fully saturated rings. The largest absolute Gasteiger partial charge is 0.480 e. The molecule has 0 spiro atoms. The number of ether oxygens (including phenoxy) is 1. The number of hydrogen-bond donors (Lipinski definition) is 1. The molecule has 0 saturated carbocycles. The molecule has 2 aliphatic rings. The van der Waals surface area contributed by atoms with Crippen LogP contribution in [0.2, 0.25) is 0 Å². The molecule has 2 rings (SSSR count). The lowest BCUT2D eigenvalue weighted by molar-refractivity contribution is -0.165. The third kappa shape index (κ3) is 3.55. The average Bonchev–Trinajstić information content (AvgIpc) is 2.67. The number of rotatable bonds is 3. The summed E-state index contributed by atoms with van der Waals surface area (Å²) >= 11 is 0. The SMILES string of the molecule is C[C@@H]1CC[C@@H](C)N1C(=O)CN1CC(C)(C)OC[C@H]1C(=O)O. The number of nitrogens with zero attached hydrogens (tertiary/aromatic N) is 2. The van der Waals surface area contributed by atoms with Gasteiger partial charge in [0.15, 0.2) is 0 Å². The van der Waals surface area contributed by atoms with E-state index >= 15 is 0 Å². The third-order valence-electron chi connectivity index (χ3n) is 4.52. The first-order chi connectivity index (χ1) is 9.71. The summed E-state index contributed by atoms with van der Waals surface area (Å²) < 4.78 is 5.57. The van der Waals surface area contributed by atoms with Crippen molar-refractivity contribution in [3.63, 3.8) is 0 Å². The zero-order valence-corrected chi connectivity index (χ0v) is 13.3. The van der Waals surface area contributed by atoms with Crippen molar-refractivity contribution in [1.29, 1.82) is 0 Å². The summed E-state index contributed by atoms with van der Waals surface area (Å²) in [7, 11) is 0. The van der Waals surface area contributed by atoms with Crippen LogP contribution < -0.4 is 0 Å². The van der Waals surface area contributed by atoms with Crippen molar-refractivity contribution in [1.82, 2.24) is 9.80 Å². The molecular formula is C15H26N2O4. The second-order valence-corrected chi connectivity index (χ2v) is 6.91. The van der Waals surface area contributed by atoms with E-state index in [9.17, 15) is 14.7 Å². The van der Waals surface area contributed by atoms with Gasteiger partial charge < -0.3 is 14.7 Å². The fourth-order valence-electron chi connectivity index (χ4n) is 3.39. The summed E-state index contributed by atoms with van der Waals surface area (Å²) in [6.07, 6.45) is 2.04. The first-order valence-corrected chi connectivity index (χ1v) is 7.63. The first kappa shape index (κ1) is 16.2. The van der Waals surface area contributed by atoms with E-state index in [-0.39, 0.29) is 31.1 Å². The number of amides is 1. The van der Waals surface area contributed by atoms with E-state index in [0.29, 0.717) is 6.54 Å². The van der Waals surface area contributed by atoms with Crippen molar-refractivity contribution in [2.45, 2.75) is 64.3 Å². The Morgan fingerprint density at radius 1 is 1.24 bits per heavy atom. The quantitative estimate of drug-likeness (QED) is 0.840. The van der Waals surface area contributed by atoms with Gasteiger partial charge in [0.1, 0.15) is 6.04 Å². The highest BCUT2D eigenvalue weighted by Gasteiger charge is 2.40. The minimum atomic E-state index is -0.930. The maximum atomic E-state index is 12.6. The van der Waals surface area contributed by atoms with Gasteiger partial charge in [-0.1, -0.05) is 0 Å². The lowest BCUT2D eigenvalue weighted by Gasteiger charge is -2.42. The molecule has 0 aromatic heterocycles. The highest BCUT2D eigenvalue weighted by molar-refractivity contribution is 5.81. The van der Waals surface area contributed by atoms with E-state index < -0.39 is 17.6 Å². The minimum Gasteiger partial charge on any atom is -0.480 e. The van der Waals surface area contributed by atoms with Crippen molar-refractivity contribution in [2.24, 2.45) is 0 Å². The van der Waals surface area contributed by atoms with Crippen LogP contribution in [0, 0.1) is 0 Å². The Hall–Kier alpha value is -1.14. The molecule has 21 heavy (non-hydrogen) atoms. The van der Waals surface area contributed by atoms with E-state index in [1.165, 1.54) is 0 Å². The molecule has 0 radical (unpaired) electrons. The fraction of sp³-hybridized carbons (Fsp3) is 0.867. The van der Waals surface area contributed by atoms with Crippen molar-refractivity contribution in [3.8, 4) is 0 Å². The Morgan fingerprint density at radius 2 is 1.81 bits per heavy atom. The Bertz CT molecular complexity index is 414. The van der Waals surface area contributed by atoms with E-state index in [4.69, 9.17) is 4.74 Å². The number of morpholine rings is 1. The number of carbonyl (C=O) groups is 2. The van der Waals surface area contributed by atoms with Gasteiger partial charge in [-0.3, -0.25) is 14.5 Å². The van der Waals surface area contributed by atoms with Gasteiger partial charge in [-0.2, -0.15) is 0 Å². The monoisotopic (exact) mass is 298 g/mol. The van der Waals surface area contributed by atoms with Crippen molar-refractivity contribution >= 4 is 11.9 Å². The van der Waals surface area contributed by atoms with E-state index in [1.807, 2.05) is 18.7 Å². The third-order valence-corrected chi connectivity index (χ3v) is 4.52. The lowest BCUT2D eigenvalue weighted by atomic mass is 10.0. The van der Waals surface area contributed by atoms with Crippen molar-refractivity contribution in [3.05, 3.63) is 0 Å². The molecule has 2 heterocycles. The summed E-state index contributed by atoms with van der Waals surface area (Å²) in [6, 6.07) is -0.259. The van der Waals surface area contributed by atoms with Crippen LogP contribution in [0.15, 0.2) is 0 Å². The number of likely N-dealkylation sites (tertiary alicyclic amines) is 1. The molecule has 2 saturated heterocycles. The Balaban J connectivity index is 2.07. The smallest absolute Gasteiger partial charge is 0.323 e. The topological polar surface area (TPSA) is 70.1 Å². The molecule has 120 valence electrons. The van der Waals surface area contributed by atoms with E-state index in [0.717, 1.165) is 12.8 Å². The minimum absolute atomic E-state index is 0.0245. The van der Waals surface area contributed by atoms with Crippen molar-refractivity contribution in [2.75, 3.05) is 19.7 Å². The summed E-state index contributed by atoms with van der Waals surface area (Å²) in [4.78, 5) is 27.6. The molecule has 3 atom stereocenters. The maximum absolute atomic E-state index is 12.6. The van der Waals surface area contributed by atoms with Gasteiger partial charge in [0, 0.05) is 18.6 Å². The Kier molecular flexibility index (Phi) is 4.58. The van der Waals surface area contributed by atoms with Gasteiger partial charge in [-0.05, 0) is 40.5 Å². The number of aliphatic carboxylic acids is 1. The zero-order chi connectivity index (χ0) is 15.8. The molecule has 1 N–H and O–H groups in total. The second-order valence-electron chi connectivity index (χ2n) is 6.91. The predicted molar refractivity (Wildman–Crippen MR) is 78.0 cm³/mol. The predicted octanol–water partition coefficient (Wildman–Crippen LogP) is 0.950. The molecule has 1 amide bonds. The highest BCUT2D eigenvalue weighted by atomic mass is 16.5. The summed E-state index contributed by atoms with van der Waals surface area (Å²) in [6.45, 7) is 8.68. The van der Waals surface area contributed by atoms with Gasteiger partial charge in [-0.25, -0.2) is 0 Å². The Morgan fingerprint density at radius 3 is 2.33 bits per heavy atom. The molecule has 0 unspecified atom stereocenters. The lowest BCUT2D eigenvalue weighted by Crippen LogP contribution is -2.59. The van der Waals surface area contributed by atoms with Gasteiger partial charge >= 0.3 is 5.97 Å². The summed E-state index contributed by atoms with van der Waals surface area (Å²) in [5.41, 5.74) is -0.422. The van der Waals surface area contributed by atoms with Crippen LogP contribution in [-0.4, -0.2) is 70.2 Å². The molecule has 0 aromatic rings. The molecule has 0 aromatic carbocycles. The normalized spacial score (nSPS) is 33.1. The van der Waals surface area contributed by atoms with Crippen LogP contribution in [0.25, 0.3) is 0 Å². The number of carboxylic acid groups (broad SMARTS) is 1. The maximum Gasteiger partial charge on any atom is 0.323 e. The van der Waals surface area contributed by atoms with E-state index in [2.05, 4.69) is 13.8 Å². The van der Waals surface area contributed by atoms with E-state index in [1.54, 1.807) is 4.90 Å². The van der Waals surface area contributed by atoms with Crippen LogP contribution in [0.5, 0.6) is 0 Å². The molecule has 6 nitrogen and oxygen atoms in total. The van der Waals surface area contributed by atoms with Crippen LogP contribution in [0.1, 0.15) is 40.5 Å². The van der Waals surface area contributed by atoms with Gasteiger partial charge in [0.2, 0.25) is 5.91 Å². The standard InChI is InChI=1S/C15H26N2O4/c1-10-5-6-11(2)17(10)13(18)7-16-9-15(3,4)21-8-12(16)14(19)20/h10-12H,5-9H2,1-4H3,(H,19,20)/t10-,11-,12+/m1/s1. The highest BCUT2D eigenvalue weighted by Crippen LogP contribution is 2.25. The molecule has 0 bridgehead atoms. The first-order valence-electron chi connectivity index (χ1n) is 7.63. The summed E-state index contributed by atoms with van der Waals surface area (Å²) in [5.74, 6) is -0.905. The van der Waals surface area contributed by atoms with Gasteiger partial charge in [-0.15, -0.1) is 0 Å². The van der Waals surface area contributed by atoms with Gasteiger partial charge in [0.25, 0.3) is 0 Å². The number of carbonyl (C=O) groups excluding carboxylic acids is 1. The van der Waals surface area contributed by atoms with Crippen LogP contribution in [-0.2, 0) is 14.3 Å². The van der Waals surface area contributed by atoms with Gasteiger partial charge in [0.05, 0.1) is 18.8 Å².